The highest BCUT2D eigenvalue weighted by molar-refractivity contribution is 6.67. The SMILES string of the molecule is CC1(C)[N+]([O-])=C2C(=[N+]1O)C(=O)CCC2([N+](=O)[O-])[N+](=O)[O-]. The van der Waals surface area contributed by atoms with Crippen LogP contribution in [0.5, 0.6) is 0 Å². The molecule has 0 unspecified atom stereocenters. The molecule has 0 amide bonds. The molecule has 0 aromatic heterocycles. The quantitative estimate of drug-likeness (QED) is 0.173. The van der Waals surface area contributed by atoms with Gasteiger partial charge in [0.1, 0.15) is 16.3 Å². The fraction of sp³-hybridized carbons (Fsp3) is 0.667. The average Bonchev–Trinajstić information content (AvgIpc) is 2.52. The summed E-state index contributed by atoms with van der Waals surface area (Å²) >= 11 is 0. The topological polar surface area (TPSA) is 153 Å². The third kappa shape index (κ3) is 1.31. The van der Waals surface area contributed by atoms with Crippen molar-refractivity contribution in [2.24, 2.45) is 0 Å². The highest BCUT2D eigenvalue weighted by Crippen LogP contribution is 2.32. The van der Waals surface area contributed by atoms with Gasteiger partial charge in [-0.15, -0.1) is 4.74 Å². The van der Waals surface area contributed by atoms with Crippen molar-refractivity contribution in [3.8, 4) is 0 Å². The number of nitro groups is 2. The van der Waals surface area contributed by atoms with Crippen LogP contribution in [0.2, 0.25) is 0 Å². The van der Waals surface area contributed by atoms with Crippen LogP contribution >= 0.6 is 0 Å². The number of carbonyl (C=O) groups is 1. The molecule has 1 fully saturated rings. The minimum atomic E-state index is -2.92. The summed E-state index contributed by atoms with van der Waals surface area (Å²) in [5.41, 5.74) is -6.25. The molecule has 2 aliphatic rings. The molecule has 1 aliphatic heterocycles. The summed E-state index contributed by atoms with van der Waals surface area (Å²) in [6.07, 6.45) is -1.23. The zero-order valence-electron chi connectivity index (χ0n) is 10.6. The Morgan fingerprint density at radius 3 is 2.20 bits per heavy atom. The highest BCUT2D eigenvalue weighted by Gasteiger charge is 2.79. The van der Waals surface area contributed by atoms with E-state index >= 15 is 0 Å². The summed E-state index contributed by atoms with van der Waals surface area (Å²) in [7, 11) is 0. The first-order chi connectivity index (χ1) is 9.08. The summed E-state index contributed by atoms with van der Waals surface area (Å²) in [5.74, 6) is -0.742. The van der Waals surface area contributed by atoms with Gasteiger partial charge in [0.25, 0.3) is 0 Å². The van der Waals surface area contributed by atoms with E-state index in [1.165, 1.54) is 13.8 Å². The second-order valence-corrected chi connectivity index (χ2v) is 5.05. The lowest BCUT2D eigenvalue weighted by Gasteiger charge is -2.17. The van der Waals surface area contributed by atoms with E-state index in [9.17, 15) is 35.4 Å². The van der Waals surface area contributed by atoms with Gasteiger partial charge >= 0.3 is 22.7 Å². The molecule has 11 heteroatoms. The fourth-order valence-electron chi connectivity index (χ4n) is 2.38. The number of hydroxylamine groups is 2. The molecule has 0 aromatic carbocycles. The molecular formula is C9H11N4O7+. The average molecular weight is 287 g/mol. The predicted octanol–water partition coefficient (Wildman–Crippen LogP) is -0.857. The Kier molecular flexibility index (Phi) is 2.57. The lowest BCUT2D eigenvalue weighted by Crippen LogP contribution is -2.62. The number of fused-ring (bicyclic) bond motifs is 1. The van der Waals surface area contributed by atoms with Crippen LogP contribution in [-0.2, 0) is 4.79 Å². The van der Waals surface area contributed by atoms with Gasteiger partial charge < -0.3 is 5.21 Å². The largest absolute Gasteiger partial charge is 0.618 e. The highest BCUT2D eigenvalue weighted by atomic mass is 16.7. The van der Waals surface area contributed by atoms with Crippen molar-refractivity contribution in [3.05, 3.63) is 25.4 Å². The van der Waals surface area contributed by atoms with Gasteiger partial charge in [-0.2, -0.15) is 0 Å². The zero-order chi connectivity index (χ0) is 15.5. The maximum absolute atomic E-state index is 12.1. The Balaban J connectivity index is 2.86. The molecule has 2 rings (SSSR count). The number of rotatable bonds is 2. The zero-order valence-corrected chi connectivity index (χ0v) is 10.6. The van der Waals surface area contributed by atoms with E-state index in [0.717, 1.165) is 0 Å². The molecule has 0 bridgehead atoms. The molecule has 1 heterocycles. The molecule has 0 saturated heterocycles. The van der Waals surface area contributed by atoms with Crippen LogP contribution in [0.4, 0.5) is 0 Å². The van der Waals surface area contributed by atoms with E-state index in [1.807, 2.05) is 0 Å². The minimum absolute atomic E-state index is 0.0367. The van der Waals surface area contributed by atoms with Crippen molar-refractivity contribution in [1.82, 2.24) is 0 Å². The maximum atomic E-state index is 12.1. The second-order valence-electron chi connectivity index (χ2n) is 5.05. The van der Waals surface area contributed by atoms with Gasteiger partial charge in [0.15, 0.2) is 0 Å². The van der Waals surface area contributed by atoms with E-state index in [-0.39, 0.29) is 9.48 Å². The Morgan fingerprint density at radius 1 is 1.25 bits per heavy atom. The molecule has 0 atom stereocenters. The fourth-order valence-corrected chi connectivity index (χ4v) is 2.38. The Bertz CT molecular complexity index is 604. The molecule has 1 saturated carbocycles. The summed E-state index contributed by atoms with van der Waals surface area (Å²) in [4.78, 5) is 31.7. The number of nitrogens with zero attached hydrogens (tertiary/aromatic N) is 4. The molecule has 0 radical (unpaired) electrons. The van der Waals surface area contributed by atoms with Crippen LogP contribution in [0.15, 0.2) is 0 Å². The van der Waals surface area contributed by atoms with Gasteiger partial charge in [0.05, 0.1) is 18.6 Å². The van der Waals surface area contributed by atoms with Crippen molar-refractivity contribution in [1.29, 1.82) is 0 Å². The number of hydrogen-bond acceptors (Lipinski definition) is 7. The molecule has 20 heavy (non-hydrogen) atoms. The first-order valence-corrected chi connectivity index (χ1v) is 5.62. The number of hydrogen-bond donors (Lipinski definition) is 1. The van der Waals surface area contributed by atoms with Crippen molar-refractivity contribution in [3.63, 3.8) is 0 Å². The van der Waals surface area contributed by atoms with Crippen molar-refractivity contribution < 1.29 is 29.3 Å². The summed E-state index contributed by atoms with van der Waals surface area (Å²) < 4.78 is 0.226. The molecule has 0 spiro atoms. The van der Waals surface area contributed by atoms with Gasteiger partial charge in [-0.1, -0.05) is 0 Å². The number of ketones is 1. The van der Waals surface area contributed by atoms with Gasteiger partial charge in [0.2, 0.25) is 5.78 Å². The second kappa shape index (κ2) is 3.71. The Morgan fingerprint density at radius 2 is 1.75 bits per heavy atom. The summed E-state index contributed by atoms with van der Waals surface area (Å²) in [6, 6.07) is 0. The van der Waals surface area contributed by atoms with Crippen LogP contribution in [0.1, 0.15) is 26.7 Å². The normalized spacial score (nSPS) is 23.8. The van der Waals surface area contributed by atoms with E-state index < -0.39 is 51.2 Å². The van der Waals surface area contributed by atoms with Crippen LogP contribution in [-0.4, -0.2) is 53.1 Å². The molecule has 11 nitrogen and oxygen atoms in total. The van der Waals surface area contributed by atoms with E-state index in [0.29, 0.717) is 0 Å². The number of carbonyl (C=O) groups excluding carboxylic acids is 1. The third-order valence-electron chi connectivity index (χ3n) is 3.60. The van der Waals surface area contributed by atoms with Crippen LogP contribution in [0.3, 0.4) is 0 Å². The van der Waals surface area contributed by atoms with Gasteiger partial charge in [0, 0.05) is 6.42 Å². The van der Waals surface area contributed by atoms with Crippen LogP contribution in [0.25, 0.3) is 0 Å². The van der Waals surface area contributed by atoms with Crippen LogP contribution in [0, 0.1) is 25.4 Å². The third-order valence-corrected chi connectivity index (χ3v) is 3.60. The predicted molar refractivity (Wildman–Crippen MR) is 60.7 cm³/mol. The van der Waals surface area contributed by atoms with Crippen molar-refractivity contribution >= 4 is 17.2 Å². The monoisotopic (exact) mass is 287 g/mol. The minimum Gasteiger partial charge on any atom is -0.618 e. The van der Waals surface area contributed by atoms with Gasteiger partial charge in [-0.05, 0) is 0 Å². The molecule has 108 valence electrons. The summed E-state index contributed by atoms with van der Waals surface area (Å²) in [5, 5.41) is 44.4. The Hall–Kier alpha value is -2.59. The molecular weight excluding hydrogens is 276 g/mol. The first kappa shape index (κ1) is 13.8. The standard InChI is InChI=1S/C9H11N4O7/c1-8(2)10(15)6-5(14)3-4-9(12(17)18,13(19)20)7(6)11(8)16/h15H,3-4H2,1-2H3/q+1. The first-order valence-electron chi connectivity index (χ1n) is 5.62. The smallest absolute Gasteiger partial charge is 0.548 e. The molecule has 1 N–H and O–H groups in total. The van der Waals surface area contributed by atoms with Crippen molar-refractivity contribution in [2.45, 2.75) is 38.0 Å². The van der Waals surface area contributed by atoms with E-state index in [1.54, 1.807) is 0 Å². The molecule has 1 aliphatic carbocycles. The van der Waals surface area contributed by atoms with Crippen molar-refractivity contribution in [2.75, 3.05) is 0 Å². The summed E-state index contributed by atoms with van der Waals surface area (Å²) in [6.45, 7) is 2.38. The van der Waals surface area contributed by atoms with Gasteiger partial charge in [-0.3, -0.25) is 30.2 Å². The lowest BCUT2D eigenvalue weighted by atomic mass is 9.85. The Labute approximate surface area is 111 Å². The lowest BCUT2D eigenvalue weighted by molar-refractivity contribution is -0.916. The van der Waals surface area contributed by atoms with Crippen LogP contribution < -0.4 is 0 Å². The molecule has 0 aromatic rings. The van der Waals surface area contributed by atoms with E-state index in [4.69, 9.17) is 0 Å². The maximum Gasteiger partial charge on any atom is 0.548 e. The van der Waals surface area contributed by atoms with E-state index in [2.05, 4.69) is 0 Å². The number of Topliss-reactive ketones (excluding diaryl/α,β-unsaturated/α-hetero) is 1. The van der Waals surface area contributed by atoms with Gasteiger partial charge in [-0.25, -0.2) is 0 Å².